The van der Waals surface area contributed by atoms with Crippen LogP contribution in [0.1, 0.15) is 12.8 Å². The number of sulfonamides is 1. The molecule has 0 spiro atoms. The van der Waals surface area contributed by atoms with Gasteiger partial charge in [0.2, 0.25) is 10.0 Å². The van der Waals surface area contributed by atoms with E-state index in [9.17, 15) is 21.6 Å². The van der Waals surface area contributed by atoms with E-state index >= 15 is 0 Å². The molecule has 4 nitrogen and oxygen atoms in total. The fourth-order valence-electron chi connectivity index (χ4n) is 1.44. The van der Waals surface area contributed by atoms with Crippen molar-refractivity contribution < 1.29 is 21.6 Å². The van der Waals surface area contributed by atoms with Gasteiger partial charge in [0.25, 0.3) is 0 Å². The molecule has 0 aliphatic carbocycles. The molecule has 0 unspecified atom stereocenters. The Balaban J connectivity index is 2.73. The summed E-state index contributed by atoms with van der Waals surface area (Å²) in [7, 11) is -2.12. The molecule has 8 heteroatoms. The highest BCUT2D eigenvalue weighted by molar-refractivity contribution is 7.92. The number of hydrogen-bond acceptors (Lipinski definition) is 3. The summed E-state index contributed by atoms with van der Waals surface area (Å²) >= 11 is 0. The second-order valence-electron chi connectivity index (χ2n) is 3.98. The molecule has 0 fully saturated rings. The molecule has 0 heterocycles. The smallest absolute Gasteiger partial charge is 0.232 e. The molecule has 0 atom stereocenters. The normalized spacial score (nSPS) is 11.6. The van der Waals surface area contributed by atoms with E-state index in [0.717, 1.165) is 0 Å². The van der Waals surface area contributed by atoms with Gasteiger partial charge in [-0.2, -0.15) is 0 Å². The van der Waals surface area contributed by atoms with Crippen LogP contribution in [0.3, 0.4) is 0 Å². The Morgan fingerprint density at radius 2 is 1.68 bits per heavy atom. The monoisotopic (exact) mass is 296 g/mol. The van der Waals surface area contributed by atoms with Crippen LogP contribution in [0.2, 0.25) is 0 Å². The van der Waals surface area contributed by atoms with Crippen molar-refractivity contribution in [1.29, 1.82) is 0 Å². The van der Waals surface area contributed by atoms with Gasteiger partial charge >= 0.3 is 0 Å². The highest BCUT2D eigenvalue weighted by atomic mass is 32.2. The summed E-state index contributed by atoms with van der Waals surface area (Å²) in [5.41, 5.74) is -0.852. The van der Waals surface area contributed by atoms with Gasteiger partial charge in [0, 0.05) is 12.1 Å². The molecule has 0 radical (unpaired) electrons. The van der Waals surface area contributed by atoms with Gasteiger partial charge in [0.1, 0.15) is 11.5 Å². The standard InChI is InChI=1S/C11H15F3N2O2S/c1-15-4-2-3-5-19(17,18)16-11-9(13)6-8(12)7-10(11)14/h6-7,15-16H,2-5H2,1H3. The van der Waals surface area contributed by atoms with E-state index in [1.54, 1.807) is 11.8 Å². The molecule has 0 saturated carbocycles. The average molecular weight is 296 g/mol. The zero-order valence-corrected chi connectivity index (χ0v) is 11.2. The second-order valence-corrected chi connectivity index (χ2v) is 5.82. The predicted octanol–water partition coefficient (Wildman–Crippen LogP) is 1.85. The van der Waals surface area contributed by atoms with Crippen LogP contribution in [0, 0.1) is 17.5 Å². The Bertz CT molecular complexity index is 512. The number of rotatable bonds is 7. The summed E-state index contributed by atoms with van der Waals surface area (Å²) in [6.45, 7) is 0.648. The molecule has 19 heavy (non-hydrogen) atoms. The van der Waals surface area contributed by atoms with Crippen LogP contribution in [-0.4, -0.2) is 27.8 Å². The topological polar surface area (TPSA) is 58.2 Å². The number of halogens is 3. The first-order chi connectivity index (χ1) is 8.85. The third-order valence-corrected chi connectivity index (χ3v) is 3.70. The lowest BCUT2D eigenvalue weighted by Crippen LogP contribution is -2.19. The van der Waals surface area contributed by atoms with Crippen LogP contribution < -0.4 is 10.0 Å². The van der Waals surface area contributed by atoms with Crippen molar-refractivity contribution in [2.75, 3.05) is 24.1 Å². The Labute approximate surface area is 110 Å². The largest absolute Gasteiger partial charge is 0.320 e. The molecule has 2 N–H and O–H groups in total. The Hall–Kier alpha value is -1.28. The van der Waals surface area contributed by atoms with Crippen LogP contribution in [0.4, 0.5) is 18.9 Å². The first-order valence-electron chi connectivity index (χ1n) is 5.65. The highest BCUT2D eigenvalue weighted by Gasteiger charge is 2.17. The van der Waals surface area contributed by atoms with Gasteiger partial charge in [-0.15, -0.1) is 0 Å². The van der Waals surface area contributed by atoms with E-state index < -0.39 is 33.2 Å². The Kier molecular flexibility index (Phi) is 5.61. The molecule has 0 saturated heterocycles. The van der Waals surface area contributed by atoms with E-state index in [1.165, 1.54) is 0 Å². The van der Waals surface area contributed by atoms with Gasteiger partial charge in [0.15, 0.2) is 11.6 Å². The van der Waals surface area contributed by atoms with Gasteiger partial charge in [-0.05, 0) is 26.4 Å². The van der Waals surface area contributed by atoms with Gasteiger partial charge in [-0.1, -0.05) is 0 Å². The molecule has 1 aromatic rings. The van der Waals surface area contributed by atoms with Crippen LogP contribution in [0.5, 0.6) is 0 Å². The third kappa shape index (κ3) is 5.07. The van der Waals surface area contributed by atoms with Gasteiger partial charge in [-0.3, -0.25) is 4.72 Å². The first-order valence-corrected chi connectivity index (χ1v) is 7.30. The summed E-state index contributed by atoms with van der Waals surface area (Å²) in [4.78, 5) is 0. The molecule has 1 aromatic carbocycles. The van der Waals surface area contributed by atoms with E-state index in [0.29, 0.717) is 31.5 Å². The minimum atomic E-state index is -3.85. The molecule has 1 rings (SSSR count). The summed E-state index contributed by atoms with van der Waals surface area (Å²) < 4.78 is 64.2. The predicted molar refractivity (Wildman–Crippen MR) is 66.9 cm³/mol. The quantitative estimate of drug-likeness (QED) is 0.755. The fourth-order valence-corrected chi connectivity index (χ4v) is 2.63. The van der Waals surface area contributed by atoms with Crippen LogP contribution >= 0.6 is 0 Å². The van der Waals surface area contributed by atoms with Crippen molar-refractivity contribution in [3.8, 4) is 0 Å². The van der Waals surface area contributed by atoms with Crippen molar-refractivity contribution in [1.82, 2.24) is 5.32 Å². The second kappa shape index (κ2) is 6.76. The Morgan fingerprint density at radius 1 is 1.11 bits per heavy atom. The molecule has 0 aliphatic rings. The highest BCUT2D eigenvalue weighted by Crippen LogP contribution is 2.21. The summed E-state index contributed by atoms with van der Waals surface area (Å²) in [6.07, 6.45) is 0.965. The van der Waals surface area contributed by atoms with Crippen molar-refractivity contribution in [3.05, 3.63) is 29.6 Å². The van der Waals surface area contributed by atoms with Crippen molar-refractivity contribution in [2.24, 2.45) is 0 Å². The molecule has 108 valence electrons. The number of unbranched alkanes of at least 4 members (excludes halogenated alkanes) is 1. The lowest BCUT2D eigenvalue weighted by atomic mass is 10.3. The molecular weight excluding hydrogens is 281 g/mol. The maximum Gasteiger partial charge on any atom is 0.232 e. The fraction of sp³-hybridized carbons (Fsp3) is 0.455. The average Bonchev–Trinajstić information content (AvgIpc) is 2.29. The summed E-state index contributed by atoms with van der Waals surface area (Å²) in [5, 5.41) is 2.85. The zero-order valence-electron chi connectivity index (χ0n) is 10.3. The first kappa shape index (κ1) is 15.8. The SMILES string of the molecule is CNCCCCS(=O)(=O)Nc1c(F)cc(F)cc1F. The number of nitrogens with one attached hydrogen (secondary N) is 2. The van der Waals surface area contributed by atoms with Gasteiger partial charge in [0.05, 0.1) is 5.75 Å². The van der Waals surface area contributed by atoms with Crippen molar-refractivity contribution >= 4 is 15.7 Å². The maximum absolute atomic E-state index is 13.3. The lowest BCUT2D eigenvalue weighted by Gasteiger charge is -2.09. The van der Waals surface area contributed by atoms with Crippen molar-refractivity contribution in [2.45, 2.75) is 12.8 Å². The van der Waals surface area contributed by atoms with Crippen LogP contribution in [0.25, 0.3) is 0 Å². The molecular formula is C11H15F3N2O2S. The number of anilines is 1. The minimum Gasteiger partial charge on any atom is -0.320 e. The van der Waals surface area contributed by atoms with E-state index in [-0.39, 0.29) is 5.75 Å². The molecule has 0 bridgehead atoms. The molecule has 0 aromatic heterocycles. The van der Waals surface area contributed by atoms with Crippen LogP contribution in [-0.2, 0) is 10.0 Å². The number of hydrogen-bond donors (Lipinski definition) is 2. The summed E-state index contributed by atoms with van der Waals surface area (Å²) in [5.74, 6) is -3.93. The van der Waals surface area contributed by atoms with Gasteiger partial charge in [-0.25, -0.2) is 21.6 Å². The maximum atomic E-state index is 13.3. The zero-order chi connectivity index (χ0) is 14.5. The van der Waals surface area contributed by atoms with Crippen LogP contribution in [0.15, 0.2) is 12.1 Å². The van der Waals surface area contributed by atoms with E-state index in [2.05, 4.69) is 5.32 Å². The summed E-state index contributed by atoms with van der Waals surface area (Å²) in [6, 6.07) is 0.837. The van der Waals surface area contributed by atoms with Crippen molar-refractivity contribution in [3.63, 3.8) is 0 Å². The minimum absolute atomic E-state index is 0.259. The van der Waals surface area contributed by atoms with Gasteiger partial charge < -0.3 is 5.32 Å². The molecule has 0 aliphatic heterocycles. The third-order valence-electron chi connectivity index (χ3n) is 2.35. The lowest BCUT2D eigenvalue weighted by molar-refractivity contribution is 0.547. The number of benzene rings is 1. The molecule has 0 amide bonds. The van der Waals surface area contributed by atoms with E-state index in [1.807, 2.05) is 0 Å². The van der Waals surface area contributed by atoms with E-state index in [4.69, 9.17) is 0 Å². The Morgan fingerprint density at radius 3 is 2.21 bits per heavy atom.